The van der Waals surface area contributed by atoms with Crippen molar-refractivity contribution >= 4 is 5.91 Å². The molecule has 3 heteroatoms. The first-order valence-corrected chi connectivity index (χ1v) is 5.21. The van der Waals surface area contributed by atoms with Crippen LogP contribution < -0.4 is 5.32 Å². The van der Waals surface area contributed by atoms with E-state index in [4.69, 9.17) is 0 Å². The Bertz CT molecular complexity index is 203. The average molecular weight is 182 g/mol. The first-order chi connectivity index (χ1) is 6.25. The minimum Gasteiger partial charge on any atom is -0.345 e. The van der Waals surface area contributed by atoms with Crippen LogP contribution in [0.4, 0.5) is 0 Å². The van der Waals surface area contributed by atoms with Crippen LogP contribution in [-0.2, 0) is 4.79 Å². The molecule has 0 saturated carbocycles. The van der Waals surface area contributed by atoms with E-state index < -0.39 is 0 Å². The lowest BCUT2D eigenvalue weighted by Gasteiger charge is -2.42. The molecule has 1 amide bonds. The summed E-state index contributed by atoms with van der Waals surface area (Å²) in [5, 5.41) is 3.35. The fourth-order valence-corrected chi connectivity index (χ4v) is 2.63. The summed E-state index contributed by atoms with van der Waals surface area (Å²) in [4.78, 5) is 13.9. The molecule has 2 saturated heterocycles. The number of amides is 1. The summed E-state index contributed by atoms with van der Waals surface area (Å²) in [6, 6.07) is 0. The first kappa shape index (κ1) is 9.00. The van der Waals surface area contributed by atoms with Crippen molar-refractivity contribution in [3.63, 3.8) is 0 Å². The highest BCUT2D eigenvalue weighted by Crippen LogP contribution is 2.36. The molecule has 74 valence electrons. The Morgan fingerprint density at radius 1 is 1.38 bits per heavy atom. The number of rotatable bonds is 0. The molecule has 0 radical (unpaired) electrons. The number of piperidine rings is 2. The number of hydrogen-bond donors (Lipinski definition) is 1. The van der Waals surface area contributed by atoms with E-state index in [-0.39, 0.29) is 5.41 Å². The van der Waals surface area contributed by atoms with Crippen molar-refractivity contribution in [3.05, 3.63) is 0 Å². The van der Waals surface area contributed by atoms with Gasteiger partial charge in [0.15, 0.2) is 0 Å². The van der Waals surface area contributed by atoms with Crippen molar-refractivity contribution in [3.8, 4) is 0 Å². The van der Waals surface area contributed by atoms with E-state index >= 15 is 0 Å². The number of carbonyl (C=O) groups is 1. The molecule has 0 aromatic heterocycles. The molecule has 3 nitrogen and oxygen atoms in total. The summed E-state index contributed by atoms with van der Waals surface area (Å²) in [5.74, 6) is 0.367. The van der Waals surface area contributed by atoms with Crippen LogP contribution >= 0.6 is 0 Å². The van der Waals surface area contributed by atoms with Gasteiger partial charge in [-0.15, -0.1) is 0 Å². The summed E-state index contributed by atoms with van der Waals surface area (Å²) in [5.41, 5.74) is -0.0365. The Balaban J connectivity index is 2.14. The molecule has 1 atom stereocenters. The third-order valence-corrected chi connectivity index (χ3v) is 3.42. The molecule has 2 heterocycles. The zero-order chi connectivity index (χ0) is 9.31. The number of hydrogen-bond acceptors (Lipinski definition) is 2. The summed E-state index contributed by atoms with van der Waals surface area (Å²) in [7, 11) is 1.93. The first-order valence-electron chi connectivity index (χ1n) is 5.21. The van der Waals surface area contributed by atoms with Crippen LogP contribution in [0.15, 0.2) is 0 Å². The van der Waals surface area contributed by atoms with Gasteiger partial charge in [-0.2, -0.15) is 0 Å². The zero-order valence-electron chi connectivity index (χ0n) is 8.31. The number of nitrogens with zero attached hydrogens (tertiary/aromatic N) is 1. The van der Waals surface area contributed by atoms with Crippen LogP contribution in [0.3, 0.4) is 0 Å². The van der Waals surface area contributed by atoms with Gasteiger partial charge in [-0.1, -0.05) is 0 Å². The highest BCUT2D eigenvalue weighted by Gasteiger charge is 2.43. The second-order valence-corrected chi connectivity index (χ2v) is 4.39. The second kappa shape index (κ2) is 3.29. The minimum atomic E-state index is -0.0365. The molecule has 2 fully saturated rings. The Morgan fingerprint density at radius 2 is 2.15 bits per heavy atom. The Kier molecular flexibility index (Phi) is 2.28. The lowest BCUT2D eigenvalue weighted by Crippen LogP contribution is -2.54. The van der Waals surface area contributed by atoms with E-state index in [0.29, 0.717) is 5.91 Å². The smallest absolute Gasteiger partial charge is 0.229 e. The molecule has 2 aliphatic heterocycles. The maximum absolute atomic E-state index is 12.0. The van der Waals surface area contributed by atoms with Crippen LogP contribution in [-0.4, -0.2) is 37.5 Å². The maximum Gasteiger partial charge on any atom is 0.229 e. The fraction of sp³-hybridized carbons (Fsp3) is 0.900. The fourth-order valence-electron chi connectivity index (χ4n) is 2.63. The topological polar surface area (TPSA) is 32.3 Å². The van der Waals surface area contributed by atoms with E-state index in [1.165, 1.54) is 6.42 Å². The van der Waals surface area contributed by atoms with E-state index in [0.717, 1.165) is 38.9 Å². The van der Waals surface area contributed by atoms with Crippen LogP contribution in [0.2, 0.25) is 0 Å². The molecule has 1 N–H and O–H groups in total. The van der Waals surface area contributed by atoms with Crippen molar-refractivity contribution in [2.24, 2.45) is 5.41 Å². The molecule has 2 rings (SSSR count). The monoisotopic (exact) mass is 182 g/mol. The largest absolute Gasteiger partial charge is 0.345 e. The van der Waals surface area contributed by atoms with Crippen molar-refractivity contribution < 1.29 is 4.79 Å². The second-order valence-electron chi connectivity index (χ2n) is 4.39. The van der Waals surface area contributed by atoms with Crippen molar-refractivity contribution in [1.82, 2.24) is 10.2 Å². The van der Waals surface area contributed by atoms with Crippen molar-refractivity contribution in [2.75, 3.05) is 26.7 Å². The Labute approximate surface area is 79.5 Å². The number of likely N-dealkylation sites (tertiary alicyclic amines) is 1. The Morgan fingerprint density at radius 3 is 2.85 bits per heavy atom. The minimum absolute atomic E-state index is 0.0365. The number of carbonyl (C=O) groups excluding carboxylic acids is 1. The molecular weight excluding hydrogens is 164 g/mol. The SMILES string of the molecule is CN1CCCC2(CCCNC2)C1=O. The average Bonchev–Trinajstić information content (AvgIpc) is 2.16. The van der Waals surface area contributed by atoms with Gasteiger partial charge in [0.05, 0.1) is 5.41 Å². The van der Waals surface area contributed by atoms with Gasteiger partial charge in [-0.05, 0) is 32.2 Å². The summed E-state index contributed by atoms with van der Waals surface area (Å²) in [6.07, 6.45) is 4.50. The quantitative estimate of drug-likeness (QED) is 0.595. The van der Waals surface area contributed by atoms with Crippen LogP contribution in [0, 0.1) is 5.41 Å². The molecule has 0 aromatic carbocycles. The highest BCUT2D eigenvalue weighted by molar-refractivity contribution is 5.83. The molecule has 2 aliphatic rings. The zero-order valence-corrected chi connectivity index (χ0v) is 8.31. The van der Waals surface area contributed by atoms with Gasteiger partial charge in [-0.25, -0.2) is 0 Å². The van der Waals surface area contributed by atoms with E-state index in [1.54, 1.807) is 0 Å². The molecule has 13 heavy (non-hydrogen) atoms. The summed E-state index contributed by atoms with van der Waals surface area (Å²) < 4.78 is 0. The summed E-state index contributed by atoms with van der Waals surface area (Å²) in [6.45, 7) is 2.93. The third kappa shape index (κ3) is 1.46. The van der Waals surface area contributed by atoms with Gasteiger partial charge in [0, 0.05) is 20.1 Å². The normalized spacial score (nSPS) is 35.5. The lowest BCUT2D eigenvalue weighted by molar-refractivity contribution is -0.146. The van der Waals surface area contributed by atoms with Crippen molar-refractivity contribution in [1.29, 1.82) is 0 Å². The van der Waals surface area contributed by atoms with Gasteiger partial charge in [0.1, 0.15) is 0 Å². The predicted molar refractivity (Wildman–Crippen MR) is 51.4 cm³/mol. The van der Waals surface area contributed by atoms with Gasteiger partial charge in [0.2, 0.25) is 5.91 Å². The molecule has 0 aliphatic carbocycles. The van der Waals surface area contributed by atoms with Gasteiger partial charge >= 0.3 is 0 Å². The van der Waals surface area contributed by atoms with Gasteiger partial charge in [0.25, 0.3) is 0 Å². The van der Waals surface area contributed by atoms with E-state index in [1.807, 2.05) is 11.9 Å². The maximum atomic E-state index is 12.0. The van der Waals surface area contributed by atoms with Crippen LogP contribution in [0.25, 0.3) is 0 Å². The van der Waals surface area contributed by atoms with E-state index in [2.05, 4.69) is 5.32 Å². The summed E-state index contributed by atoms with van der Waals surface area (Å²) >= 11 is 0. The van der Waals surface area contributed by atoms with Gasteiger partial charge < -0.3 is 10.2 Å². The van der Waals surface area contributed by atoms with Crippen molar-refractivity contribution in [2.45, 2.75) is 25.7 Å². The lowest BCUT2D eigenvalue weighted by atomic mass is 9.74. The number of nitrogens with one attached hydrogen (secondary N) is 1. The van der Waals surface area contributed by atoms with Crippen LogP contribution in [0.5, 0.6) is 0 Å². The highest BCUT2D eigenvalue weighted by atomic mass is 16.2. The predicted octanol–water partition coefficient (Wildman–Crippen LogP) is 0.608. The Hall–Kier alpha value is -0.570. The molecule has 1 unspecified atom stereocenters. The molecule has 0 aromatic rings. The third-order valence-electron chi connectivity index (χ3n) is 3.42. The van der Waals surface area contributed by atoms with Crippen LogP contribution in [0.1, 0.15) is 25.7 Å². The molecular formula is C10H18N2O. The van der Waals surface area contributed by atoms with E-state index in [9.17, 15) is 4.79 Å². The standard InChI is InChI=1S/C10H18N2O/c1-12-7-3-5-10(9(12)13)4-2-6-11-8-10/h11H,2-8H2,1H3. The molecule has 0 bridgehead atoms. The molecule has 1 spiro atoms. The van der Waals surface area contributed by atoms with Gasteiger partial charge in [-0.3, -0.25) is 4.79 Å².